The molecule has 0 aliphatic rings. The Kier molecular flexibility index (Phi) is 4.73. The number of nitrogens with zero attached hydrogens (tertiary/aromatic N) is 1. The molecule has 3 nitrogen and oxygen atoms in total. The van der Waals surface area contributed by atoms with E-state index in [0.717, 1.165) is 22.6 Å². The molecule has 1 amide bonds. The molecule has 1 aromatic heterocycles. The van der Waals surface area contributed by atoms with Crippen molar-refractivity contribution < 1.29 is 4.79 Å². The smallest absolute Gasteiger partial charge is 0.225 e. The van der Waals surface area contributed by atoms with Crippen molar-refractivity contribution in [2.24, 2.45) is 0 Å². The molecule has 1 atom stereocenters. The van der Waals surface area contributed by atoms with E-state index in [0.29, 0.717) is 6.42 Å². The van der Waals surface area contributed by atoms with E-state index in [1.54, 1.807) is 0 Å². The lowest BCUT2D eigenvalue weighted by Crippen LogP contribution is -2.16. The molecule has 0 aliphatic heterocycles. The van der Waals surface area contributed by atoms with Crippen LogP contribution >= 0.6 is 0 Å². The van der Waals surface area contributed by atoms with Crippen LogP contribution < -0.4 is 5.32 Å². The van der Waals surface area contributed by atoms with Gasteiger partial charge < -0.3 is 5.32 Å². The second-order valence-corrected chi connectivity index (χ2v) is 5.60. The van der Waals surface area contributed by atoms with Gasteiger partial charge in [-0.15, -0.1) is 0 Å². The van der Waals surface area contributed by atoms with Crippen molar-refractivity contribution in [1.29, 1.82) is 0 Å². The molecule has 0 saturated heterocycles. The number of hydrogen-bond donors (Lipinski definition) is 1. The van der Waals surface area contributed by atoms with Crippen molar-refractivity contribution in [2.45, 2.75) is 40.0 Å². The van der Waals surface area contributed by atoms with Crippen LogP contribution in [0.5, 0.6) is 0 Å². The Morgan fingerprint density at radius 2 is 1.86 bits per heavy atom. The number of nitrogens with one attached hydrogen (secondary N) is 1. The van der Waals surface area contributed by atoms with E-state index in [1.807, 2.05) is 45.0 Å². The van der Waals surface area contributed by atoms with Crippen LogP contribution in [0.3, 0.4) is 0 Å². The van der Waals surface area contributed by atoms with Crippen LogP contribution in [0.25, 0.3) is 0 Å². The number of carbonyl (C=O) groups excluding carboxylic acids is 1. The number of rotatable bonds is 4. The van der Waals surface area contributed by atoms with Crippen LogP contribution in [0.1, 0.15) is 41.8 Å². The van der Waals surface area contributed by atoms with Gasteiger partial charge in [0, 0.05) is 12.1 Å². The number of aromatic nitrogens is 1. The number of aryl methyl sites for hydroxylation is 3. The van der Waals surface area contributed by atoms with E-state index in [2.05, 4.69) is 29.4 Å². The van der Waals surface area contributed by atoms with Gasteiger partial charge in [0.1, 0.15) is 0 Å². The van der Waals surface area contributed by atoms with Gasteiger partial charge >= 0.3 is 0 Å². The summed E-state index contributed by atoms with van der Waals surface area (Å²) in [6, 6.07) is 12.1. The summed E-state index contributed by atoms with van der Waals surface area (Å²) < 4.78 is 0. The lowest BCUT2D eigenvalue weighted by atomic mass is 9.97. The first kappa shape index (κ1) is 15.2. The molecule has 0 saturated carbocycles. The van der Waals surface area contributed by atoms with Crippen molar-refractivity contribution in [1.82, 2.24) is 4.98 Å². The summed E-state index contributed by atoms with van der Waals surface area (Å²) in [7, 11) is 0. The third-order valence-corrected chi connectivity index (χ3v) is 3.65. The zero-order valence-electron chi connectivity index (χ0n) is 13.1. The third kappa shape index (κ3) is 3.91. The Bertz CT molecular complexity index is 612. The average Bonchev–Trinajstić information content (AvgIpc) is 2.43. The summed E-state index contributed by atoms with van der Waals surface area (Å²) in [6.07, 6.45) is 0.469. The number of hydrogen-bond acceptors (Lipinski definition) is 2. The van der Waals surface area contributed by atoms with Crippen molar-refractivity contribution in [3.8, 4) is 0 Å². The first-order valence-corrected chi connectivity index (χ1v) is 7.27. The van der Waals surface area contributed by atoms with E-state index in [4.69, 9.17) is 0 Å². The number of amides is 1. The van der Waals surface area contributed by atoms with Crippen LogP contribution in [0.4, 0.5) is 5.69 Å². The number of pyridine rings is 1. The second kappa shape index (κ2) is 6.53. The molecular weight excluding hydrogens is 260 g/mol. The fourth-order valence-electron chi connectivity index (χ4n) is 2.58. The topological polar surface area (TPSA) is 42.0 Å². The maximum atomic E-state index is 12.2. The van der Waals surface area contributed by atoms with Crippen LogP contribution in [-0.2, 0) is 4.79 Å². The van der Waals surface area contributed by atoms with E-state index in [1.165, 1.54) is 5.56 Å². The molecule has 1 aromatic carbocycles. The maximum Gasteiger partial charge on any atom is 0.225 e. The molecule has 2 rings (SSSR count). The Hall–Kier alpha value is -2.16. The third-order valence-electron chi connectivity index (χ3n) is 3.65. The highest BCUT2D eigenvalue weighted by Crippen LogP contribution is 2.22. The molecular formula is C18H22N2O. The number of benzene rings is 1. The fraction of sp³-hybridized carbons (Fsp3) is 0.333. The van der Waals surface area contributed by atoms with Crippen LogP contribution in [0.15, 0.2) is 36.4 Å². The van der Waals surface area contributed by atoms with Gasteiger partial charge in [0.05, 0.1) is 11.4 Å². The first-order valence-electron chi connectivity index (χ1n) is 7.27. The molecule has 0 radical (unpaired) electrons. The van der Waals surface area contributed by atoms with Crippen LogP contribution in [-0.4, -0.2) is 10.9 Å². The van der Waals surface area contributed by atoms with E-state index < -0.39 is 0 Å². The molecule has 21 heavy (non-hydrogen) atoms. The van der Waals surface area contributed by atoms with Gasteiger partial charge in [-0.05, 0) is 43.9 Å². The van der Waals surface area contributed by atoms with Gasteiger partial charge in [0.25, 0.3) is 0 Å². The standard InChI is InChI=1S/C18H22N2O/c1-12(16-8-6-5-7-9-16)11-17(21)20-18-13(2)10-14(3)19-15(18)4/h5-10,12H,11H2,1-4H3,(H,20,21). The molecule has 0 fully saturated rings. The highest BCUT2D eigenvalue weighted by atomic mass is 16.1. The Balaban J connectivity index is 2.06. The summed E-state index contributed by atoms with van der Waals surface area (Å²) >= 11 is 0. The van der Waals surface area contributed by atoms with Gasteiger partial charge in [-0.3, -0.25) is 9.78 Å². The monoisotopic (exact) mass is 282 g/mol. The lowest BCUT2D eigenvalue weighted by molar-refractivity contribution is -0.116. The van der Waals surface area contributed by atoms with Crippen molar-refractivity contribution in [3.05, 3.63) is 58.9 Å². The highest BCUT2D eigenvalue weighted by molar-refractivity contribution is 5.92. The Morgan fingerprint density at radius 3 is 2.48 bits per heavy atom. The quantitative estimate of drug-likeness (QED) is 0.915. The van der Waals surface area contributed by atoms with Gasteiger partial charge in [-0.25, -0.2) is 0 Å². The summed E-state index contributed by atoms with van der Waals surface area (Å²) in [4.78, 5) is 16.7. The van der Waals surface area contributed by atoms with Crippen molar-refractivity contribution in [2.75, 3.05) is 5.32 Å². The van der Waals surface area contributed by atoms with Gasteiger partial charge in [0.2, 0.25) is 5.91 Å². The first-order chi connectivity index (χ1) is 9.97. The zero-order valence-corrected chi connectivity index (χ0v) is 13.1. The SMILES string of the molecule is Cc1cc(C)c(NC(=O)CC(C)c2ccccc2)c(C)n1. The molecule has 1 N–H and O–H groups in total. The summed E-state index contributed by atoms with van der Waals surface area (Å²) in [5, 5.41) is 3.00. The summed E-state index contributed by atoms with van der Waals surface area (Å²) in [5.74, 6) is 0.230. The maximum absolute atomic E-state index is 12.2. The average molecular weight is 282 g/mol. The van der Waals surface area contributed by atoms with Gasteiger partial charge in [0.15, 0.2) is 0 Å². The largest absolute Gasteiger partial charge is 0.324 e. The lowest BCUT2D eigenvalue weighted by Gasteiger charge is -2.15. The van der Waals surface area contributed by atoms with Crippen LogP contribution in [0.2, 0.25) is 0 Å². The number of anilines is 1. The predicted octanol–water partition coefficient (Wildman–Crippen LogP) is 4.14. The normalized spacial score (nSPS) is 12.0. The van der Waals surface area contributed by atoms with E-state index in [9.17, 15) is 4.79 Å². The van der Waals surface area contributed by atoms with Crippen LogP contribution in [0, 0.1) is 20.8 Å². The zero-order chi connectivity index (χ0) is 15.4. The minimum atomic E-state index is 0.0307. The number of carbonyl (C=O) groups is 1. The highest BCUT2D eigenvalue weighted by Gasteiger charge is 2.13. The molecule has 0 aliphatic carbocycles. The Morgan fingerprint density at radius 1 is 1.19 bits per heavy atom. The molecule has 3 heteroatoms. The van der Waals surface area contributed by atoms with E-state index >= 15 is 0 Å². The molecule has 1 heterocycles. The van der Waals surface area contributed by atoms with Gasteiger partial charge in [-0.2, -0.15) is 0 Å². The summed E-state index contributed by atoms with van der Waals surface area (Å²) in [6.45, 7) is 7.96. The summed E-state index contributed by atoms with van der Waals surface area (Å²) in [5.41, 5.74) is 4.92. The predicted molar refractivity (Wildman–Crippen MR) is 86.6 cm³/mol. The Labute approximate surface area is 126 Å². The molecule has 0 spiro atoms. The second-order valence-electron chi connectivity index (χ2n) is 5.60. The molecule has 0 bridgehead atoms. The van der Waals surface area contributed by atoms with Crippen molar-refractivity contribution in [3.63, 3.8) is 0 Å². The minimum Gasteiger partial charge on any atom is -0.324 e. The van der Waals surface area contributed by atoms with E-state index in [-0.39, 0.29) is 11.8 Å². The van der Waals surface area contributed by atoms with Gasteiger partial charge in [-0.1, -0.05) is 37.3 Å². The van der Waals surface area contributed by atoms with Crippen molar-refractivity contribution >= 4 is 11.6 Å². The minimum absolute atomic E-state index is 0.0307. The molecule has 2 aromatic rings. The molecule has 1 unspecified atom stereocenters. The fourth-order valence-corrected chi connectivity index (χ4v) is 2.58. The molecule has 110 valence electrons.